The van der Waals surface area contributed by atoms with Crippen LogP contribution in [-0.4, -0.2) is 23.1 Å². The minimum Gasteiger partial charge on any atom is -0.481 e. The molecule has 0 bridgehead atoms. The van der Waals surface area contributed by atoms with Crippen LogP contribution in [0.2, 0.25) is 0 Å². The lowest BCUT2D eigenvalue weighted by Gasteiger charge is -2.27. The Labute approximate surface area is 160 Å². The lowest BCUT2D eigenvalue weighted by atomic mass is 9.81. The van der Waals surface area contributed by atoms with Crippen molar-refractivity contribution in [3.63, 3.8) is 0 Å². The van der Waals surface area contributed by atoms with Crippen molar-refractivity contribution in [2.45, 2.75) is 110 Å². The van der Waals surface area contributed by atoms with Crippen LogP contribution in [-0.2, 0) is 14.3 Å². The Morgan fingerprint density at radius 1 is 0.962 bits per heavy atom. The monoisotopic (exact) mass is 368 g/mol. The van der Waals surface area contributed by atoms with Crippen molar-refractivity contribution in [3.05, 3.63) is 0 Å². The summed E-state index contributed by atoms with van der Waals surface area (Å²) < 4.78 is 5.79. The molecule has 3 unspecified atom stereocenters. The lowest BCUT2D eigenvalue weighted by molar-refractivity contribution is -0.157. The van der Waals surface area contributed by atoms with Gasteiger partial charge in [0.15, 0.2) is 0 Å². The standard InChI is InChI=1S/C22H40O4/c1-4-11-20(15-9-7-5-6-8-12-17(2)3)26-22(25)19-14-10-13-18(16-19)21(23)24/h17-20H,4-16H2,1-3H3,(H,23,24). The Balaban J connectivity index is 2.28. The molecule has 1 fully saturated rings. The summed E-state index contributed by atoms with van der Waals surface area (Å²) in [6.07, 6.45) is 13.1. The molecule has 1 saturated carbocycles. The predicted molar refractivity (Wildman–Crippen MR) is 105 cm³/mol. The van der Waals surface area contributed by atoms with Gasteiger partial charge in [0.25, 0.3) is 0 Å². The van der Waals surface area contributed by atoms with Crippen molar-refractivity contribution < 1.29 is 19.4 Å². The van der Waals surface area contributed by atoms with E-state index in [1.807, 2.05) is 0 Å². The minimum absolute atomic E-state index is 0.00775. The first-order valence-electron chi connectivity index (χ1n) is 10.9. The zero-order valence-corrected chi connectivity index (χ0v) is 17.2. The Kier molecular flexibility index (Phi) is 11.6. The summed E-state index contributed by atoms with van der Waals surface area (Å²) in [5.41, 5.74) is 0. The summed E-state index contributed by atoms with van der Waals surface area (Å²) in [6, 6.07) is 0. The molecule has 1 rings (SSSR count). The number of esters is 1. The van der Waals surface area contributed by atoms with Gasteiger partial charge in [-0.05, 0) is 44.4 Å². The maximum Gasteiger partial charge on any atom is 0.309 e. The van der Waals surface area contributed by atoms with Crippen LogP contribution in [0.5, 0.6) is 0 Å². The SMILES string of the molecule is CCCC(CCCCCCCC(C)C)OC(=O)C1CCCC(C(=O)O)C1. The molecule has 1 aliphatic carbocycles. The van der Waals surface area contributed by atoms with E-state index in [4.69, 9.17) is 4.74 Å². The van der Waals surface area contributed by atoms with E-state index in [9.17, 15) is 14.7 Å². The van der Waals surface area contributed by atoms with Crippen LogP contribution in [0.15, 0.2) is 0 Å². The molecule has 0 aromatic heterocycles. The number of carbonyl (C=O) groups excluding carboxylic acids is 1. The minimum atomic E-state index is -0.773. The van der Waals surface area contributed by atoms with E-state index in [1.165, 1.54) is 32.1 Å². The van der Waals surface area contributed by atoms with Crippen molar-refractivity contribution in [2.24, 2.45) is 17.8 Å². The van der Waals surface area contributed by atoms with Crippen molar-refractivity contribution in [2.75, 3.05) is 0 Å². The van der Waals surface area contributed by atoms with E-state index in [0.29, 0.717) is 12.8 Å². The second kappa shape index (κ2) is 13.2. The van der Waals surface area contributed by atoms with Crippen molar-refractivity contribution in [1.82, 2.24) is 0 Å². The van der Waals surface area contributed by atoms with Gasteiger partial charge in [0.1, 0.15) is 6.10 Å². The first-order chi connectivity index (χ1) is 12.4. The Hall–Kier alpha value is -1.06. The third-order valence-electron chi connectivity index (χ3n) is 5.56. The van der Waals surface area contributed by atoms with Crippen LogP contribution in [0.3, 0.4) is 0 Å². The van der Waals surface area contributed by atoms with Crippen LogP contribution >= 0.6 is 0 Å². The van der Waals surface area contributed by atoms with Gasteiger partial charge in [-0.2, -0.15) is 0 Å². The average molecular weight is 369 g/mol. The van der Waals surface area contributed by atoms with Gasteiger partial charge in [-0.15, -0.1) is 0 Å². The molecule has 3 atom stereocenters. The van der Waals surface area contributed by atoms with Crippen molar-refractivity contribution in [3.8, 4) is 0 Å². The molecule has 4 nitrogen and oxygen atoms in total. The third-order valence-corrected chi connectivity index (χ3v) is 5.56. The molecule has 152 valence electrons. The molecule has 0 radical (unpaired) electrons. The first-order valence-corrected chi connectivity index (χ1v) is 10.9. The topological polar surface area (TPSA) is 63.6 Å². The number of aliphatic carboxylic acids is 1. The van der Waals surface area contributed by atoms with Crippen LogP contribution in [0, 0.1) is 17.8 Å². The van der Waals surface area contributed by atoms with Crippen molar-refractivity contribution in [1.29, 1.82) is 0 Å². The molecule has 26 heavy (non-hydrogen) atoms. The molecular weight excluding hydrogens is 328 g/mol. The second-order valence-corrected chi connectivity index (χ2v) is 8.49. The summed E-state index contributed by atoms with van der Waals surface area (Å²) >= 11 is 0. The van der Waals surface area contributed by atoms with Gasteiger partial charge < -0.3 is 9.84 Å². The molecular formula is C22H40O4. The van der Waals surface area contributed by atoms with Gasteiger partial charge in [-0.3, -0.25) is 9.59 Å². The normalized spacial score (nSPS) is 21.5. The predicted octanol–water partition coefficient (Wildman–Crippen LogP) is 5.98. The number of unbranched alkanes of at least 4 members (excludes halogenated alkanes) is 4. The van der Waals surface area contributed by atoms with E-state index in [2.05, 4.69) is 20.8 Å². The highest BCUT2D eigenvalue weighted by Crippen LogP contribution is 2.31. The van der Waals surface area contributed by atoms with Crippen LogP contribution in [0.4, 0.5) is 0 Å². The van der Waals surface area contributed by atoms with Gasteiger partial charge in [-0.25, -0.2) is 0 Å². The number of ether oxygens (including phenoxy) is 1. The highest BCUT2D eigenvalue weighted by Gasteiger charge is 2.32. The largest absolute Gasteiger partial charge is 0.481 e. The molecule has 0 aliphatic heterocycles. The lowest BCUT2D eigenvalue weighted by Crippen LogP contribution is -2.31. The summed E-state index contributed by atoms with van der Waals surface area (Å²) in [6.45, 7) is 6.66. The maximum atomic E-state index is 12.5. The molecule has 0 spiro atoms. The highest BCUT2D eigenvalue weighted by atomic mass is 16.5. The highest BCUT2D eigenvalue weighted by molar-refractivity contribution is 5.75. The molecule has 1 N–H and O–H groups in total. The van der Waals surface area contributed by atoms with Crippen molar-refractivity contribution >= 4 is 11.9 Å². The van der Waals surface area contributed by atoms with E-state index < -0.39 is 5.97 Å². The molecule has 1 aliphatic rings. The average Bonchev–Trinajstić information content (AvgIpc) is 2.60. The summed E-state index contributed by atoms with van der Waals surface area (Å²) in [5.74, 6) is -0.739. The Morgan fingerprint density at radius 3 is 2.19 bits per heavy atom. The number of hydrogen-bond donors (Lipinski definition) is 1. The fourth-order valence-corrected chi connectivity index (χ4v) is 3.93. The summed E-state index contributed by atoms with van der Waals surface area (Å²) in [4.78, 5) is 23.7. The van der Waals surface area contributed by atoms with Crippen LogP contribution in [0.25, 0.3) is 0 Å². The number of carboxylic acid groups (broad SMARTS) is 1. The van der Waals surface area contributed by atoms with E-state index in [1.54, 1.807) is 0 Å². The fraction of sp³-hybridized carbons (Fsp3) is 0.909. The van der Waals surface area contributed by atoms with Crippen LogP contribution in [0.1, 0.15) is 104 Å². The zero-order chi connectivity index (χ0) is 19.4. The van der Waals surface area contributed by atoms with E-state index in [-0.39, 0.29) is 23.9 Å². The number of rotatable bonds is 13. The zero-order valence-electron chi connectivity index (χ0n) is 17.2. The van der Waals surface area contributed by atoms with Gasteiger partial charge in [0.2, 0.25) is 0 Å². The molecule has 0 aromatic carbocycles. The first kappa shape index (κ1) is 23.0. The van der Waals surface area contributed by atoms with Gasteiger partial charge >= 0.3 is 11.9 Å². The number of hydrogen-bond acceptors (Lipinski definition) is 3. The number of carboxylic acids is 1. The molecule has 4 heteroatoms. The van der Waals surface area contributed by atoms with E-state index in [0.717, 1.165) is 44.4 Å². The quantitative estimate of drug-likeness (QED) is 0.321. The fourth-order valence-electron chi connectivity index (χ4n) is 3.93. The maximum absolute atomic E-state index is 12.5. The molecule has 0 amide bonds. The Bertz CT molecular complexity index is 405. The Morgan fingerprint density at radius 2 is 1.58 bits per heavy atom. The smallest absolute Gasteiger partial charge is 0.309 e. The summed E-state index contributed by atoms with van der Waals surface area (Å²) in [5, 5.41) is 9.19. The van der Waals surface area contributed by atoms with Gasteiger partial charge in [-0.1, -0.05) is 65.7 Å². The third kappa shape index (κ3) is 9.59. The summed E-state index contributed by atoms with van der Waals surface area (Å²) in [7, 11) is 0. The van der Waals surface area contributed by atoms with Gasteiger partial charge in [0.05, 0.1) is 11.8 Å². The van der Waals surface area contributed by atoms with Crippen LogP contribution < -0.4 is 0 Å². The number of carbonyl (C=O) groups is 2. The van der Waals surface area contributed by atoms with E-state index >= 15 is 0 Å². The molecule has 0 aromatic rings. The molecule has 0 saturated heterocycles. The second-order valence-electron chi connectivity index (χ2n) is 8.49. The molecule has 0 heterocycles. The van der Waals surface area contributed by atoms with Gasteiger partial charge in [0, 0.05) is 0 Å².